The number of carbonyl (C=O) groups is 1. The summed E-state index contributed by atoms with van der Waals surface area (Å²) in [6.07, 6.45) is 1.43. The van der Waals surface area contributed by atoms with E-state index in [0.717, 1.165) is 28.8 Å². The first-order chi connectivity index (χ1) is 11.1. The number of hydrogen-bond acceptors (Lipinski definition) is 4. The van der Waals surface area contributed by atoms with Gasteiger partial charge in [0.1, 0.15) is 6.29 Å². The molecule has 0 aliphatic rings. The van der Waals surface area contributed by atoms with E-state index in [1.165, 1.54) is 5.69 Å². The average Bonchev–Trinajstić information content (AvgIpc) is 2.55. The lowest BCUT2D eigenvalue weighted by molar-refractivity contribution is -0.107. The molecular weight excluding hydrogens is 286 g/mol. The third kappa shape index (κ3) is 4.03. The molecule has 0 saturated carbocycles. The van der Waals surface area contributed by atoms with Gasteiger partial charge in [0.05, 0.1) is 11.4 Å². The molecule has 2 aromatic carbocycles. The number of nitrogens with one attached hydrogen (secondary N) is 2. The Bertz CT molecular complexity index is 650. The molecule has 23 heavy (non-hydrogen) atoms. The van der Waals surface area contributed by atoms with Gasteiger partial charge in [-0.1, -0.05) is 24.3 Å². The van der Waals surface area contributed by atoms with E-state index in [1.807, 2.05) is 40.2 Å². The molecule has 2 N–H and O–H groups in total. The van der Waals surface area contributed by atoms with Crippen LogP contribution in [0.2, 0.25) is 0 Å². The molecule has 0 heterocycles. The second-order valence-corrected chi connectivity index (χ2v) is 5.87. The van der Waals surface area contributed by atoms with Gasteiger partial charge in [0.15, 0.2) is 0 Å². The van der Waals surface area contributed by atoms with E-state index in [4.69, 9.17) is 0 Å². The van der Waals surface area contributed by atoms with Crippen LogP contribution in [0.5, 0.6) is 0 Å². The lowest BCUT2D eigenvalue weighted by atomic mass is 10.0. The van der Waals surface area contributed by atoms with Crippen LogP contribution in [0, 0.1) is 0 Å². The summed E-state index contributed by atoms with van der Waals surface area (Å²) in [5.41, 5.74) is 5.50. The van der Waals surface area contributed by atoms with E-state index in [1.54, 1.807) is 0 Å². The highest BCUT2D eigenvalue weighted by Gasteiger charge is 2.12. The molecule has 0 amide bonds. The molecule has 0 saturated heterocycles. The SMILES string of the molecule is CNc1cccc(-c2ccc(N(C)C)cc2)c1NC(C)CC=O. The molecule has 0 aromatic heterocycles. The second kappa shape index (κ2) is 7.68. The van der Waals surface area contributed by atoms with Gasteiger partial charge in [-0.05, 0) is 30.7 Å². The van der Waals surface area contributed by atoms with E-state index >= 15 is 0 Å². The van der Waals surface area contributed by atoms with Gasteiger partial charge < -0.3 is 20.3 Å². The van der Waals surface area contributed by atoms with Gasteiger partial charge >= 0.3 is 0 Å². The van der Waals surface area contributed by atoms with Gasteiger partial charge in [0, 0.05) is 44.9 Å². The van der Waals surface area contributed by atoms with Crippen LogP contribution in [0.25, 0.3) is 11.1 Å². The first kappa shape index (κ1) is 16.9. The lowest BCUT2D eigenvalue weighted by Gasteiger charge is -2.20. The maximum atomic E-state index is 10.8. The Hall–Kier alpha value is -2.49. The van der Waals surface area contributed by atoms with Gasteiger partial charge in [-0.15, -0.1) is 0 Å². The van der Waals surface area contributed by atoms with Crippen molar-refractivity contribution in [3.8, 4) is 11.1 Å². The predicted octanol–water partition coefficient (Wildman–Crippen LogP) is 3.85. The maximum Gasteiger partial charge on any atom is 0.122 e. The molecule has 0 spiro atoms. The summed E-state index contributed by atoms with van der Waals surface area (Å²) < 4.78 is 0. The summed E-state index contributed by atoms with van der Waals surface area (Å²) in [5, 5.41) is 6.69. The Morgan fingerprint density at radius 3 is 2.39 bits per heavy atom. The molecule has 1 unspecified atom stereocenters. The largest absolute Gasteiger partial charge is 0.386 e. The molecule has 0 radical (unpaired) electrons. The van der Waals surface area contributed by atoms with Crippen LogP contribution in [0.4, 0.5) is 17.1 Å². The van der Waals surface area contributed by atoms with E-state index in [2.05, 4.69) is 45.9 Å². The number of carbonyl (C=O) groups excluding carboxylic acids is 1. The van der Waals surface area contributed by atoms with Crippen molar-refractivity contribution in [3.05, 3.63) is 42.5 Å². The zero-order chi connectivity index (χ0) is 16.8. The van der Waals surface area contributed by atoms with Crippen molar-refractivity contribution < 1.29 is 4.79 Å². The van der Waals surface area contributed by atoms with Gasteiger partial charge in [0.2, 0.25) is 0 Å². The Morgan fingerprint density at radius 2 is 1.83 bits per heavy atom. The van der Waals surface area contributed by atoms with Crippen LogP contribution in [0.15, 0.2) is 42.5 Å². The summed E-state index contributed by atoms with van der Waals surface area (Å²) in [4.78, 5) is 12.8. The molecule has 0 fully saturated rings. The smallest absolute Gasteiger partial charge is 0.122 e. The Kier molecular flexibility index (Phi) is 5.63. The molecular formula is C19H25N3O. The van der Waals surface area contributed by atoms with Gasteiger partial charge in [-0.25, -0.2) is 0 Å². The van der Waals surface area contributed by atoms with Gasteiger partial charge in [-0.2, -0.15) is 0 Å². The fourth-order valence-electron chi connectivity index (χ4n) is 2.55. The fourth-order valence-corrected chi connectivity index (χ4v) is 2.55. The fraction of sp³-hybridized carbons (Fsp3) is 0.316. The number of rotatable bonds is 7. The number of aldehydes is 1. The van der Waals surface area contributed by atoms with Crippen LogP contribution < -0.4 is 15.5 Å². The number of benzene rings is 2. The summed E-state index contributed by atoms with van der Waals surface area (Å²) in [5.74, 6) is 0. The Morgan fingerprint density at radius 1 is 1.13 bits per heavy atom. The van der Waals surface area contributed by atoms with Crippen LogP contribution >= 0.6 is 0 Å². The summed E-state index contributed by atoms with van der Waals surface area (Å²) >= 11 is 0. The maximum absolute atomic E-state index is 10.8. The second-order valence-electron chi connectivity index (χ2n) is 5.87. The number of nitrogens with zero attached hydrogens (tertiary/aromatic N) is 1. The first-order valence-electron chi connectivity index (χ1n) is 7.85. The van der Waals surface area contributed by atoms with Crippen molar-refractivity contribution in [2.45, 2.75) is 19.4 Å². The molecule has 0 aliphatic carbocycles. The quantitative estimate of drug-likeness (QED) is 0.762. The summed E-state index contributed by atoms with van der Waals surface area (Å²) in [6, 6.07) is 14.7. The van der Waals surface area contributed by atoms with Crippen LogP contribution in [0.1, 0.15) is 13.3 Å². The van der Waals surface area contributed by atoms with Gasteiger partial charge in [0.25, 0.3) is 0 Å². The van der Waals surface area contributed by atoms with E-state index < -0.39 is 0 Å². The van der Waals surface area contributed by atoms with Crippen molar-refractivity contribution >= 4 is 23.3 Å². The molecule has 2 rings (SSSR count). The third-order valence-corrected chi connectivity index (χ3v) is 3.87. The number of hydrogen-bond donors (Lipinski definition) is 2. The van der Waals surface area contributed by atoms with Crippen molar-refractivity contribution in [3.63, 3.8) is 0 Å². The first-order valence-corrected chi connectivity index (χ1v) is 7.85. The highest BCUT2D eigenvalue weighted by molar-refractivity contribution is 5.87. The normalized spacial score (nSPS) is 11.7. The molecule has 122 valence electrons. The number of anilines is 3. The molecule has 0 aliphatic heterocycles. The van der Waals surface area contributed by atoms with E-state index in [-0.39, 0.29) is 6.04 Å². The third-order valence-electron chi connectivity index (χ3n) is 3.87. The highest BCUT2D eigenvalue weighted by Crippen LogP contribution is 2.35. The van der Waals surface area contributed by atoms with E-state index in [9.17, 15) is 4.79 Å². The molecule has 4 nitrogen and oxygen atoms in total. The minimum atomic E-state index is 0.0850. The summed E-state index contributed by atoms with van der Waals surface area (Å²) in [7, 11) is 5.97. The minimum absolute atomic E-state index is 0.0850. The zero-order valence-electron chi connectivity index (χ0n) is 14.3. The van der Waals surface area contributed by atoms with Gasteiger partial charge in [-0.3, -0.25) is 0 Å². The van der Waals surface area contributed by atoms with Crippen molar-refractivity contribution in [1.82, 2.24) is 0 Å². The monoisotopic (exact) mass is 311 g/mol. The highest BCUT2D eigenvalue weighted by atomic mass is 16.1. The van der Waals surface area contributed by atoms with Crippen LogP contribution in [-0.2, 0) is 4.79 Å². The van der Waals surface area contributed by atoms with Crippen LogP contribution in [-0.4, -0.2) is 33.5 Å². The molecule has 0 bridgehead atoms. The predicted molar refractivity (Wildman–Crippen MR) is 99.5 cm³/mol. The molecule has 4 heteroatoms. The lowest BCUT2D eigenvalue weighted by Crippen LogP contribution is -2.17. The minimum Gasteiger partial charge on any atom is -0.386 e. The van der Waals surface area contributed by atoms with Crippen LogP contribution in [0.3, 0.4) is 0 Å². The van der Waals surface area contributed by atoms with Crippen molar-refractivity contribution in [1.29, 1.82) is 0 Å². The molecule has 1 atom stereocenters. The Balaban J connectivity index is 2.42. The Labute approximate surface area is 138 Å². The molecule has 2 aromatic rings. The van der Waals surface area contributed by atoms with Crippen molar-refractivity contribution in [2.75, 3.05) is 36.7 Å². The van der Waals surface area contributed by atoms with E-state index in [0.29, 0.717) is 6.42 Å². The zero-order valence-corrected chi connectivity index (χ0v) is 14.3. The number of para-hydroxylation sites is 1. The standard InChI is InChI=1S/C19H25N3O/c1-14(12-13-23)21-19-17(6-5-7-18(19)20-2)15-8-10-16(11-9-15)22(3)4/h5-11,13-14,20-21H,12H2,1-4H3. The summed E-state index contributed by atoms with van der Waals surface area (Å²) in [6.45, 7) is 2.01. The van der Waals surface area contributed by atoms with Crippen molar-refractivity contribution in [2.24, 2.45) is 0 Å². The average molecular weight is 311 g/mol. The topological polar surface area (TPSA) is 44.4 Å².